The van der Waals surface area contributed by atoms with E-state index < -0.39 is 16.0 Å². The Morgan fingerprint density at radius 2 is 1.84 bits per heavy atom. The van der Waals surface area contributed by atoms with Gasteiger partial charge in [-0.25, -0.2) is 13.1 Å². The van der Waals surface area contributed by atoms with Crippen LogP contribution in [-0.2, 0) is 19.6 Å². The molecule has 0 saturated heterocycles. The van der Waals surface area contributed by atoms with Crippen molar-refractivity contribution in [2.75, 3.05) is 19.0 Å². The van der Waals surface area contributed by atoms with Crippen LogP contribution in [0.2, 0.25) is 0 Å². The fourth-order valence-electron chi connectivity index (χ4n) is 1.38. The van der Waals surface area contributed by atoms with Gasteiger partial charge in [0, 0.05) is 11.7 Å². The lowest BCUT2D eigenvalue weighted by atomic mass is 10.3. The van der Waals surface area contributed by atoms with E-state index in [4.69, 9.17) is 0 Å². The molecule has 1 aromatic rings. The number of carbonyl (C=O) groups is 1. The van der Waals surface area contributed by atoms with E-state index in [1.165, 1.54) is 19.2 Å². The number of carbonyl (C=O) groups excluding carboxylic acids is 1. The molecule has 0 saturated carbocycles. The number of nitrogens with one attached hydrogen (secondary N) is 2. The summed E-state index contributed by atoms with van der Waals surface area (Å²) >= 11 is 0. The Bertz CT molecular complexity index is 523. The minimum atomic E-state index is -3.48. The standard InChI is InChI=1S/C12H18N2O4S/c1-9(2)14-19(16,17)11-6-4-10(5-7-11)13-8-12(15)18-3/h4-7,9,13-14H,8H2,1-3H3. The minimum Gasteiger partial charge on any atom is -0.468 e. The van der Waals surface area contributed by atoms with Gasteiger partial charge in [0.15, 0.2) is 0 Å². The van der Waals surface area contributed by atoms with Gasteiger partial charge in [0.1, 0.15) is 6.54 Å². The van der Waals surface area contributed by atoms with Crippen molar-refractivity contribution < 1.29 is 17.9 Å². The first kappa shape index (κ1) is 15.5. The summed E-state index contributed by atoms with van der Waals surface area (Å²) in [5.41, 5.74) is 0.647. The monoisotopic (exact) mass is 286 g/mol. The Labute approximate surface area is 113 Å². The van der Waals surface area contributed by atoms with E-state index in [0.29, 0.717) is 5.69 Å². The van der Waals surface area contributed by atoms with Gasteiger partial charge in [-0.15, -0.1) is 0 Å². The first-order valence-corrected chi connectivity index (χ1v) is 7.26. The fraction of sp³-hybridized carbons (Fsp3) is 0.417. The molecule has 0 aliphatic carbocycles. The smallest absolute Gasteiger partial charge is 0.325 e. The number of methoxy groups -OCH3 is 1. The number of hydrogen-bond donors (Lipinski definition) is 2. The van der Waals surface area contributed by atoms with Gasteiger partial charge in [-0.2, -0.15) is 0 Å². The summed E-state index contributed by atoms with van der Waals surface area (Å²) in [6.07, 6.45) is 0. The third-order valence-corrected chi connectivity index (χ3v) is 3.89. The summed E-state index contributed by atoms with van der Waals surface area (Å²) in [7, 11) is -2.18. The fourth-order valence-corrected chi connectivity index (χ4v) is 2.63. The Morgan fingerprint density at radius 1 is 1.26 bits per heavy atom. The minimum absolute atomic E-state index is 0.0346. The summed E-state index contributed by atoms with van der Waals surface area (Å²) < 4.78 is 30.7. The number of ether oxygens (including phenoxy) is 1. The van der Waals surface area contributed by atoms with Gasteiger partial charge in [-0.3, -0.25) is 4.79 Å². The van der Waals surface area contributed by atoms with Crippen molar-refractivity contribution in [3.63, 3.8) is 0 Å². The third kappa shape index (κ3) is 4.88. The van der Waals surface area contributed by atoms with Crippen LogP contribution in [-0.4, -0.2) is 34.1 Å². The van der Waals surface area contributed by atoms with Gasteiger partial charge in [0.25, 0.3) is 0 Å². The Morgan fingerprint density at radius 3 is 2.32 bits per heavy atom. The molecule has 0 unspecified atom stereocenters. The van der Waals surface area contributed by atoms with Gasteiger partial charge in [-0.05, 0) is 38.1 Å². The number of esters is 1. The maximum atomic E-state index is 11.9. The van der Waals surface area contributed by atoms with Crippen LogP contribution < -0.4 is 10.0 Å². The molecule has 19 heavy (non-hydrogen) atoms. The highest BCUT2D eigenvalue weighted by atomic mass is 32.2. The van der Waals surface area contributed by atoms with Crippen molar-refractivity contribution in [3.8, 4) is 0 Å². The van der Waals surface area contributed by atoms with E-state index in [9.17, 15) is 13.2 Å². The second-order valence-corrected chi connectivity index (χ2v) is 5.94. The van der Waals surface area contributed by atoms with Crippen LogP contribution in [0, 0.1) is 0 Å². The Kier molecular flexibility index (Phi) is 5.31. The first-order chi connectivity index (χ1) is 8.85. The molecule has 0 aliphatic heterocycles. The number of benzene rings is 1. The normalized spacial score (nSPS) is 11.4. The molecule has 1 aromatic carbocycles. The van der Waals surface area contributed by atoms with Crippen LogP contribution >= 0.6 is 0 Å². The second-order valence-electron chi connectivity index (χ2n) is 4.23. The van der Waals surface area contributed by atoms with E-state index >= 15 is 0 Å². The summed E-state index contributed by atoms with van der Waals surface area (Å²) in [4.78, 5) is 11.1. The van der Waals surface area contributed by atoms with Crippen molar-refractivity contribution >= 4 is 21.7 Å². The molecule has 0 aromatic heterocycles. The molecule has 0 amide bonds. The van der Waals surface area contributed by atoms with Crippen LogP contribution in [0.15, 0.2) is 29.2 Å². The zero-order valence-corrected chi connectivity index (χ0v) is 12.0. The number of rotatable bonds is 6. The third-order valence-electron chi connectivity index (χ3n) is 2.22. The summed E-state index contributed by atoms with van der Waals surface area (Å²) in [5, 5.41) is 2.83. The van der Waals surface area contributed by atoms with Crippen molar-refractivity contribution in [1.29, 1.82) is 0 Å². The average Bonchev–Trinajstić information content (AvgIpc) is 2.35. The molecule has 2 N–H and O–H groups in total. The molecule has 0 bridgehead atoms. The molecule has 6 nitrogen and oxygen atoms in total. The Balaban J connectivity index is 2.74. The topological polar surface area (TPSA) is 84.5 Å². The van der Waals surface area contributed by atoms with Gasteiger partial charge in [0.2, 0.25) is 10.0 Å². The lowest BCUT2D eigenvalue weighted by molar-refractivity contribution is -0.138. The molecule has 0 atom stereocenters. The summed E-state index contributed by atoms with van der Waals surface area (Å²) in [6.45, 7) is 3.54. The molecule has 0 spiro atoms. The highest BCUT2D eigenvalue weighted by molar-refractivity contribution is 7.89. The summed E-state index contributed by atoms with van der Waals surface area (Å²) in [5.74, 6) is -0.391. The van der Waals surface area contributed by atoms with Crippen LogP contribution in [0.4, 0.5) is 5.69 Å². The van der Waals surface area contributed by atoms with Crippen LogP contribution in [0.1, 0.15) is 13.8 Å². The van der Waals surface area contributed by atoms with Crippen LogP contribution in [0.25, 0.3) is 0 Å². The quantitative estimate of drug-likeness (QED) is 0.761. The van der Waals surface area contributed by atoms with Gasteiger partial charge in [-0.1, -0.05) is 0 Å². The van der Waals surface area contributed by atoms with Crippen molar-refractivity contribution in [2.24, 2.45) is 0 Å². The number of sulfonamides is 1. The van der Waals surface area contributed by atoms with Gasteiger partial charge >= 0.3 is 5.97 Å². The molecular formula is C12H18N2O4S. The molecule has 1 rings (SSSR count). The number of anilines is 1. The molecule has 0 aliphatic rings. The van der Waals surface area contributed by atoms with E-state index in [1.807, 2.05) is 0 Å². The SMILES string of the molecule is COC(=O)CNc1ccc(S(=O)(=O)NC(C)C)cc1. The van der Waals surface area contributed by atoms with E-state index in [1.54, 1.807) is 26.0 Å². The van der Waals surface area contributed by atoms with E-state index in [-0.39, 0.29) is 17.5 Å². The Hall–Kier alpha value is -1.60. The predicted octanol–water partition coefficient (Wildman–Crippen LogP) is 0.958. The van der Waals surface area contributed by atoms with E-state index in [2.05, 4.69) is 14.8 Å². The molecule has 0 fully saturated rings. The lowest BCUT2D eigenvalue weighted by Crippen LogP contribution is -2.30. The van der Waals surface area contributed by atoms with E-state index in [0.717, 1.165) is 0 Å². The van der Waals surface area contributed by atoms with Crippen molar-refractivity contribution in [1.82, 2.24) is 4.72 Å². The molecule has 0 heterocycles. The maximum Gasteiger partial charge on any atom is 0.325 e. The maximum absolute atomic E-state index is 11.9. The number of hydrogen-bond acceptors (Lipinski definition) is 5. The van der Waals surface area contributed by atoms with Crippen LogP contribution in [0.3, 0.4) is 0 Å². The molecule has 0 radical (unpaired) electrons. The zero-order chi connectivity index (χ0) is 14.5. The summed E-state index contributed by atoms with van der Waals surface area (Å²) in [6, 6.07) is 5.98. The average molecular weight is 286 g/mol. The molecular weight excluding hydrogens is 268 g/mol. The molecule has 106 valence electrons. The van der Waals surface area contributed by atoms with Gasteiger partial charge in [0.05, 0.1) is 12.0 Å². The first-order valence-electron chi connectivity index (χ1n) is 5.78. The zero-order valence-electron chi connectivity index (χ0n) is 11.1. The van der Waals surface area contributed by atoms with Crippen molar-refractivity contribution in [3.05, 3.63) is 24.3 Å². The molecule has 7 heteroatoms. The highest BCUT2D eigenvalue weighted by Gasteiger charge is 2.14. The van der Waals surface area contributed by atoms with Crippen LogP contribution in [0.5, 0.6) is 0 Å². The van der Waals surface area contributed by atoms with Crippen molar-refractivity contribution in [2.45, 2.75) is 24.8 Å². The highest BCUT2D eigenvalue weighted by Crippen LogP contribution is 2.14. The van der Waals surface area contributed by atoms with Gasteiger partial charge < -0.3 is 10.1 Å². The second kappa shape index (κ2) is 6.53. The lowest BCUT2D eigenvalue weighted by Gasteiger charge is -2.10. The predicted molar refractivity (Wildman–Crippen MR) is 72.4 cm³/mol. The largest absolute Gasteiger partial charge is 0.468 e.